The van der Waals surface area contributed by atoms with Crippen LogP contribution in [0.2, 0.25) is 0 Å². The molecule has 1 aliphatic carbocycles. The lowest BCUT2D eigenvalue weighted by Crippen LogP contribution is -2.47. The fraction of sp³-hybridized carbons (Fsp3) is 1.00. The van der Waals surface area contributed by atoms with E-state index in [1.165, 1.54) is 43.6 Å². The Hall–Kier alpha value is 0.620. The van der Waals surface area contributed by atoms with E-state index >= 15 is 0 Å². The molecular weight excluding hydrogens is 276 g/mol. The van der Waals surface area contributed by atoms with E-state index in [-0.39, 0.29) is 11.7 Å². The third-order valence-electron chi connectivity index (χ3n) is 5.00. The lowest BCUT2D eigenvalue weighted by molar-refractivity contribution is -0.133. The van der Waals surface area contributed by atoms with E-state index in [1.54, 1.807) is 0 Å². The molecule has 3 unspecified atom stereocenters. The minimum absolute atomic E-state index is 0.111. The van der Waals surface area contributed by atoms with Gasteiger partial charge in [-0.25, -0.2) is 0 Å². The van der Waals surface area contributed by atoms with Crippen molar-refractivity contribution in [2.75, 3.05) is 23.9 Å². The molecule has 19 heavy (non-hydrogen) atoms. The predicted molar refractivity (Wildman–Crippen MR) is 84.1 cm³/mol. The summed E-state index contributed by atoms with van der Waals surface area (Å²) in [5, 5.41) is 11.2. The maximum absolute atomic E-state index is 10.7. The Morgan fingerprint density at radius 1 is 1.16 bits per heavy atom. The van der Waals surface area contributed by atoms with Crippen LogP contribution in [0.4, 0.5) is 0 Å². The fourth-order valence-electron chi connectivity index (χ4n) is 3.91. The molecule has 3 rings (SSSR count). The highest BCUT2D eigenvalue weighted by atomic mass is 32.2. The van der Waals surface area contributed by atoms with E-state index < -0.39 is 0 Å². The maximum atomic E-state index is 10.7. The normalized spacial score (nSPS) is 37.1. The van der Waals surface area contributed by atoms with Crippen LogP contribution in [0.5, 0.6) is 0 Å². The van der Waals surface area contributed by atoms with Crippen LogP contribution in [0.1, 0.15) is 44.9 Å². The summed E-state index contributed by atoms with van der Waals surface area (Å²) in [7, 11) is 0. The van der Waals surface area contributed by atoms with Gasteiger partial charge in [-0.2, -0.15) is 23.5 Å². The Bertz CT molecular complexity index is 280. The first-order valence-electron chi connectivity index (χ1n) is 7.80. The van der Waals surface area contributed by atoms with Crippen molar-refractivity contribution in [3.05, 3.63) is 0 Å². The highest BCUT2D eigenvalue weighted by Crippen LogP contribution is 2.43. The van der Waals surface area contributed by atoms with E-state index in [2.05, 4.69) is 0 Å². The van der Waals surface area contributed by atoms with Crippen molar-refractivity contribution in [2.24, 2.45) is 5.92 Å². The summed E-state index contributed by atoms with van der Waals surface area (Å²) >= 11 is 4.00. The molecule has 2 heterocycles. The highest BCUT2D eigenvalue weighted by Gasteiger charge is 2.42. The Morgan fingerprint density at radius 3 is 2.74 bits per heavy atom. The van der Waals surface area contributed by atoms with E-state index in [4.69, 9.17) is 4.74 Å². The fourth-order valence-corrected chi connectivity index (χ4v) is 6.76. The Labute approximate surface area is 125 Å². The Kier molecular flexibility index (Phi) is 5.05. The highest BCUT2D eigenvalue weighted by molar-refractivity contribution is 8.06. The first-order chi connectivity index (χ1) is 9.29. The molecule has 0 aromatic rings. The molecule has 110 valence electrons. The number of aliphatic hydroxyl groups is 1. The van der Waals surface area contributed by atoms with Crippen molar-refractivity contribution in [3.8, 4) is 0 Å². The van der Waals surface area contributed by atoms with E-state index in [1.807, 2.05) is 23.5 Å². The predicted octanol–water partition coefficient (Wildman–Crippen LogP) is 3.33. The minimum Gasteiger partial charge on any atom is -0.392 e. The van der Waals surface area contributed by atoms with Gasteiger partial charge in [-0.05, 0) is 31.6 Å². The molecule has 1 N–H and O–H groups in total. The number of hydrogen-bond acceptors (Lipinski definition) is 4. The first kappa shape index (κ1) is 14.6. The Balaban J connectivity index is 1.60. The smallest absolute Gasteiger partial charge is 0.0696 e. The summed E-state index contributed by atoms with van der Waals surface area (Å²) in [5.74, 6) is 4.07. The van der Waals surface area contributed by atoms with Crippen LogP contribution in [-0.2, 0) is 4.74 Å². The molecule has 0 radical (unpaired) electrons. The van der Waals surface area contributed by atoms with Gasteiger partial charge in [0.15, 0.2) is 0 Å². The van der Waals surface area contributed by atoms with Gasteiger partial charge in [0, 0.05) is 29.1 Å². The molecule has 0 bridgehead atoms. The molecule has 0 aromatic carbocycles. The quantitative estimate of drug-likeness (QED) is 0.847. The second-order valence-electron chi connectivity index (χ2n) is 6.32. The second kappa shape index (κ2) is 6.59. The zero-order chi connectivity index (χ0) is 13.1. The minimum atomic E-state index is -0.111. The SMILES string of the molecule is OC(C1CCOC2(CCCCC2)C1)C1CSCCS1. The molecule has 3 atom stereocenters. The Morgan fingerprint density at radius 2 is 2.00 bits per heavy atom. The third-order valence-corrected chi connectivity index (χ3v) is 7.87. The van der Waals surface area contributed by atoms with Crippen molar-refractivity contribution in [3.63, 3.8) is 0 Å². The molecule has 2 nitrogen and oxygen atoms in total. The van der Waals surface area contributed by atoms with Crippen LogP contribution >= 0.6 is 23.5 Å². The summed E-state index contributed by atoms with van der Waals surface area (Å²) in [4.78, 5) is 0. The van der Waals surface area contributed by atoms with Gasteiger partial charge in [0.25, 0.3) is 0 Å². The van der Waals surface area contributed by atoms with Crippen LogP contribution in [0.15, 0.2) is 0 Å². The molecular formula is C15H26O2S2. The van der Waals surface area contributed by atoms with E-state index in [0.29, 0.717) is 11.2 Å². The van der Waals surface area contributed by atoms with E-state index in [9.17, 15) is 5.11 Å². The largest absolute Gasteiger partial charge is 0.392 e. The van der Waals surface area contributed by atoms with Crippen LogP contribution < -0.4 is 0 Å². The van der Waals surface area contributed by atoms with Crippen LogP contribution in [-0.4, -0.2) is 45.9 Å². The maximum Gasteiger partial charge on any atom is 0.0696 e. The lowest BCUT2D eigenvalue weighted by Gasteiger charge is -2.45. The van der Waals surface area contributed by atoms with Gasteiger partial charge < -0.3 is 9.84 Å². The third kappa shape index (κ3) is 3.45. The molecule has 1 spiro atoms. The topological polar surface area (TPSA) is 29.5 Å². The summed E-state index contributed by atoms with van der Waals surface area (Å²) in [5.41, 5.74) is 0.134. The average Bonchev–Trinajstić information content (AvgIpc) is 2.48. The van der Waals surface area contributed by atoms with Crippen molar-refractivity contribution in [2.45, 2.75) is 61.9 Å². The molecule has 0 amide bonds. The second-order valence-corrected chi connectivity index (χ2v) is 8.82. The van der Waals surface area contributed by atoms with Gasteiger partial charge in [0.1, 0.15) is 0 Å². The summed E-state index contributed by atoms with van der Waals surface area (Å²) in [6.45, 7) is 0.867. The number of aliphatic hydroxyl groups excluding tert-OH is 1. The number of ether oxygens (including phenoxy) is 1. The van der Waals surface area contributed by atoms with Crippen molar-refractivity contribution in [1.29, 1.82) is 0 Å². The van der Waals surface area contributed by atoms with Gasteiger partial charge in [0.2, 0.25) is 0 Å². The van der Waals surface area contributed by atoms with Gasteiger partial charge in [-0.3, -0.25) is 0 Å². The van der Waals surface area contributed by atoms with Gasteiger partial charge >= 0.3 is 0 Å². The van der Waals surface area contributed by atoms with Crippen LogP contribution in [0.25, 0.3) is 0 Å². The zero-order valence-corrected chi connectivity index (χ0v) is 13.3. The molecule has 1 saturated carbocycles. The van der Waals surface area contributed by atoms with Gasteiger partial charge in [0.05, 0.1) is 11.7 Å². The average molecular weight is 303 g/mol. The number of thioether (sulfide) groups is 2. The van der Waals surface area contributed by atoms with Crippen LogP contribution in [0.3, 0.4) is 0 Å². The number of hydrogen-bond donors (Lipinski definition) is 1. The van der Waals surface area contributed by atoms with Crippen molar-refractivity contribution in [1.82, 2.24) is 0 Å². The zero-order valence-electron chi connectivity index (χ0n) is 11.7. The molecule has 3 fully saturated rings. The first-order valence-corrected chi connectivity index (χ1v) is 10.0. The van der Waals surface area contributed by atoms with Gasteiger partial charge in [-0.1, -0.05) is 19.3 Å². The number of rotatable bonds is 2. The monoisotopic (exact) mass is 302 g/mol. The summed E-state index contributed by atoms with van der Waals surface area (Å²) < 4.78 is 6.15. The standard InChI is InChI=1S/C15H26O2S2/c16-14(13-11-18-8-9-19-13)12-4-7-17-15(10-12)5-2-1-3-6-15/h12-14,16H,1-11H2. The molecule has 0 aromatic heterocycles. The molecule has 2 saturated heterocycles. The van der Waals surface area contributed by atoms with Crippen LogP contribution in [0, 0.1) is 5.92 Å². The van der Waals surface area contributed by atoms with Crippen molar-refractivity contribution < 1.29 is 9.84 Å². The summed E-state index contributed by atoms with van der Waals surface area (Å²) in [6.07, 6.45) is 8.51. The molecule has 4 heteroatoms. The van der Waals surface area contributed by atoms with E-state index in [0.717, 1.165) is 25.2 Å². The lowest BCUT2D eigenvalue weighted by atomic mass is 9.74. The van der Waals surface area contributed by atoms with Gasteiger partial charge in [-0.15, -0.1) is 0 Å². The molecule has 2 aliphatic heterocycles. The molecule has 3 aliphatic rings. The summed E-state index contributed by atoms with van der Waals surface area (Å²) in [6, 6.07) is 0. The van der Waals surface area contributed by atoms with Crippen molar-refractivity contribution >= 4 is 23.5 Å².